The van der Waals surface area contributed by atoms with Crippen LogP contribution < -0.4 is 11.1 Å². The maximum absolute atomic E-state index is 14.5. The summed E-state index contributed by atoms with van der Waals surface area (Å²) in [4.78, 5) is 19.3. The van der Waals surface area contributed by atoms with E-state index in [2.05, 4.69) is 15.3 Å². The van der Waals surface area contributed by atoms with Crippen LogP contribution in [-0.2, 0) is 10.3 Å². The van der Waals surface area contributed by atoms with Crippen LogP contribution in [0.25, 0.3) is 0 Å². The Bertz CT molecular complexity index is 1050. The third kappa shape index (κ3) is 3.56. The highest BCUT2D eigenvalue weighted by Crippen LogP contribution is 2.45. The lowest BCUT2D eigenvalue weighted by molar-refractivity contribution is -0.173. The Labute approximate surface area is 161 Å². The summed E-state index contributed by atoms with van der Waals surface area (Å²) in [5.74, 6) is -7.59. The Morgan fingerprint density at radius 1 is 1.34 bits per heavy atom. The average molecular weight is 407 g/mol. The van der Waals surface area contributed by atoms with Gasteiger partial charge in [-0.3, -0.25) is 4.79 Å². The number of ether oxygens (including phenoxy) is 1. The second kappa shape index (κ2) is 7.05. The van der Waals surface area contributed by atoms with Crippen LogP contribution in [0.15, 0.2) is 35.5 Å². The van der Waals surface area contributed by atoms with E-state index in [0.29, 0.717) is 6.07 Å². The molecule has 0 saturated carbocycles. The van der Waals surface area contributed by atoms with Gasteiger partial charge < -0.3 is 15.8 Å². The number of hydrogen-bond donors (Lipinski definition) is 2. The van der Waals surface area contributed by atoms with Gasteiger partial charge in [0.2, 0.25) is 5.60 Å². The zero-order valence-corrected chi connectivity index (χ0v) is 14.8. The zero-order chi connectivity index (χ0) is 21.4. The molecule has 29 heavy (non-hydrogen) atoms. The molecule has 3 rings (SSSR count). The van der Waals surface area contributed by atoms with E-state index in [4.69, 9.17) is 15.7 Å². The highest BCUT2D eigenvalue weighted by Gasteiger charge is 2.58. The van der Waals surface area contributed by atoms with E-state index in [1.807, 2.05) is 6.07 Å². The smallest absolute Gasteiger partial charge is 0.310 e. The van der Waals surface area contributed by atoms with Crippen LogP contribution in [0.2, 0.25) is 0 Å². The summed E-state index contributed by atoms with van der Waals surface area (Å²) in [5.41, 5.74) is 1.63. The monoisotopic (exact) mass is 407 g/mol. The van der Waals surface area contributed by atoms with Crippen LogP contribution >= 0.6 is 0 Å². The highest BCUT2D eigenvalue weighted by atomic mass is 19.3. The van der Waals surface area contributed by atoms with E-state index in [1.165, 1.54) is 12.1 Å². The second-order valence-electron chi connectivity index (χ2n) is 6.31. The Kier molecular flexibility index (Phi) is 4.88. The molecule has 1 aliphatic rings. The average Bonchev–Trinajstić information content (AvgIpc) is 2.68. The van der Waals surface area contributed by atoms with E-state index >= 15 is 0 Å². The molecule has 1 atom stereocenters. The maximum atomic E-state index is 14.5. The molecule has 2 heterocycles. The quantitative estimate of drug-likeness (QED) is 0.760. The summed E-state index contributed by atoms with van der Waals surface area (Å²) < 4.78 is 62.3. The number of amidine groups is 1. The largest absolute Gasteiger partial charge is 0.448 e. The van der Waals surface area contributed by atoms with E-state index in [1.54, 1.807) is 0 Å². The maximum Gasteiger partial charge on any atom is 0.310 e. The van der Waals surface area contributed by atoms with Gasteiger partial charge in [-0.2, -0.15) is 14.0 Å². The summed E-state index contributed by atoms with van der Waals surface area (Å²) in [6.45, 7) is -0.234. The molecule has 150 valence electrons. The molecule has 1 aliphatic heterocycles. The molecule has 3 N–H and O–H groups in total. The number of rotatable bonds is 3. The number of carbonyl (C=O) groups is 1. The van der Waals surface area contributed by atoms with Crippen molar-refractivity contribution in [2.75, 3.05) is 11.9 Å². The summed E-state index contributed by atoms with van der Waals surface area (Å²) >= 11 is 0. The number of halogens is 4. The van der Waals surface area contributed by atoms with Gasteiger partial charge in [-0.1, -0.05) is 0 Å². The molecular weight excluding hydrogens is 394 g/mol. The predicted molar refractivity (Wildman–Crippen MR) is 93.1 cm³/mol. The Morgan fingerprint density at radius 3 is 2.69 bits per heavy atom. The molecule has 1 amide bonds. The number of aliphatic imine (C=N–C) groups is 1. The number of benzene rings is 1. The van der Waals surface area contributed by atoms with Crippen LogP contribution in [0.1, 0.15) is 28.5 Å². The number of hydrogen-bond acceptors (Lipinski definition) is 6. The van der Waals surface area contributed by atoms with E-state index < -0.39 is 47.2 Å². The van der Waals surface area contributed by atoms with Crippen molar-refractivity contribution in [2.24, 2.45) is 10.7 Å². The van der Waals surface area contributed by atoms with Gasteiger partial charge in [-0.15, -0.1) is 0 Å². The standard InChI is InChI=1S/C18H13F4N5O2/c1-17(18(21,22)8-26-16(24)29-17)11-4-10(5-12(19)14(11)20)27-15(28)13-3-2-9(6-23)7-25-13/h2-5,7H,8H2,1H3,(H2,24,26)(H,27,28)/t17-/m1/s1. The second-order valence-corrected chi connectivity index (χ2v) is 6.31. The zero-order valence-electron chi connectivity index (χ0n) is 14.8. The number of aromatic nitrogens is 1. The topological polar surface area (TPSA) is 113 Å². The molecule has 0 unspecified atom stereocenters. The SMILES string of the molecule is C[C@]1(c2cc(NC(=O)c3ccc(C#N)cn3)cc(F)c2F)OC(N)=NCC1(F)F. The lowest BCUT2D eigenvalue weighted by Gasteiger charge is -2.39. The van der Waals surface area contributed by atoms with Gasteiger partial charge in [0.1, 0.15) is 18.3 Å². The number of amides is 1. The number of pyridine rings is 1. The van der Waals surface area contributed by atoms with Gasteiger partial charge in [0.25, 0.3) is 11.9 Å². The summed E-state index contributed by atoms with van der Waals surface area (Å²) in [7, 11) is 0. The van der Waals surface area contributed by atoms with Crippen molar-refractivity contribution in [2.45, 2.75) is 18.4 Å². The van der Waals surface area contributed by atoms with Gasteiger partial charge in [0.05, 0.1) is 5.56 Å². The lowest BCUT2D eigenvalue weighted by atomic mass is 9.87. The molecule has 7 nitrogen and oxygen atoms in total. The minimum absolute atomic E-state index is 0.128. The van der Waals surface area contributed by atoms with Crippen molar-refractivity contribution in [1.29, 1.82) is 5.26 Å². The molecule has 1 aromatic carbocycles. The number of nitrogens with two attached hydrogens (primary N) is 1. The van der Waals surface area contributed by atoms with Crippen LogP contribution in [0.5, 0.6) is 0 Å². The number of anilines is 1. The van der Waals surface area contributed by atoms with Crippen LogP contribution in [0, 0.1) is 23.0 Å². The predicted octanol–water partition coefficient (Wildman–Crippen LogP) is 2.68. The highest BCUT2D eigenvalue weighted by molar-refractivity contribution is 6.02. The third-order valence-electron chi connectivity index (χ3n) is 4.37. The number of alkyl halides is 2. The fourth-order valence-corrected chi connectivity index (χ4v) is 2.69. The molecule has 0 radical (unpaired) electrons. The van der Waals surface area contributed by atoms with Crippen molar-refractivity contribution in [3.05, 3.63) is 58.9 Å². The molecule has 0 aliphatic carbocycles. The first-order chi connectivity index (χ1) is 13.6. The van der Waals surface area contributed by atoms with Crippen molar-refractivity contribution < 1.29 is 27.1 Å². The molecule has 0 saturated heterocycles. The van der Waals surface area contributed by atoms with Crippen molar-refractivity contribution in [3.8, 4) is 6.07 Å². The van der Waals surface area contributed by atoms with Gasteiger partial charge in [0.15, 0.2) is 11.6 Å². The number of nitrogens with one attached hydrogen (secondary N) is 1. The first kappa shape index (κ1) is 20.1. The molecule has 2 aromatic rings. The first-order valence-corrected chi connectivity index (χ1v) is 8.11. The summed E-state index contributed by atoms with van der Waals surface area (Å²) in [6.07, 6.45) is 1.14. The van der Waals surface area contributed by atoms with Gasteiger partial charge >= 0.3 is 5.92 Å². The van der Waals surface area contributed by atoms with Crippen molar-refractivity contribution in [1.82, 2.24) is 4.98 Å². The number of nitriles is 1. The number of carbonyl (C=O) groups excluding carboxylic acids is 1. The van der Waals surface area contributed by atoms with Crippen LogP contribution in [0.4, 0.5) is 23.2 Å². The molecule has 0 bridgehead atoms. The van der Waals surface area contributed by atoms with Gasteiger partial charge in [-0.05, 0) is 25.1 Å². The Hall–Kier alpha value is -3.68. The Morgan fingerprint density at radius 2 is 2.07 bits per heavy atom. The van der Waals surface area contributed by atoms with Gasteiger partial charge in [0, 0.05) is 23.5 Å². The first-order valence-electron chi connectivity index (χ1n) is 8.11. The molecule has 0 spiro atoms. The minimum Gasteiger partial charge on any atom is -0.448 e. The van der Waals surface area contributed by atoms with Crippen molar-refractivity contribution >= 4 is 17.6 Å². The normalized spacial score (nSPS) is 20.2. The van der Waals surface area contributed by atoms with E-state index in [-0.39, 0.29) is 16.9 Å². The fourth-order valence-electron chi connectivity index (χ4n) is 2.69. The molecule has 0 fully saturated rings. The lowest BCUT2D eigenvalue weighted by Crippen LogP contribution is -2.53. The summed E-state index contributed by atoms with van der Waals surface area (Å²) in [5, 5.41) is 11.0. The molecule has 11 heteroatoms. The fraction of sp³-hybridized carbons (Fsp3) is 0.222. The minimum atomic E-state index is -3.71. The van der Waals surface area contributed by atoms with Gasteiger partial charge in [-0.25, -0.2) is 18.8 Å². The molecular formula is C18H13F4N5O2. The third-order valence-corrected chi connectivity index (χ3v) is 4.37. The number of nitrogens with zero attached hydrogens (tertiary/aromatic N) is 3. The van der Waals surface area contributed by atoms with Crippen molar-refractivity contribution in [3.63, 3.8) is 0 Å². The van der Waals surface area contributed by atoms with E-state index in [9.17, 15) is 22.4 Å². The summed E-state index contributed by atoms with van der Waals surface area (Å²) in [6, 6.07) is 5.25. The van der Waals surface area contributed by atoms with E-state index in [0.717, 1.165) is 19.2 Å². The Balaban J connectivity index is 1.98. The molecule has 1 aromatic heterocycles. The van der Waals surface area contributed by atoms with Crippen LogP contribution in [0.3, 0.4) is 0 Å². The van der Waals surface area contributed by atoms with Crippen LogP contribution in [-0.4, -0.2) is 29.4 Å².